The van der Waals surface area contributed by atoms with Crippen LogP contribution in [0.4, 0.5) is 0 Å². The molecular formula is C24H26ClN3O3. The smallest absolute Gasteiger partial charge is 0.227 e. The third-order valence-electron chi connectivity index (χ3n) is 5.83. The average Bonchev–Trinajstić information content (AvgIpc) is 3.16. The van der Waals surface area contributed by atoms with Gasteiger partial charge in [0.1, 0.15) is 5.75 Å². The van der Waals surface area contributed by atoms with Crippen molar-refractivity contribution in [2.75, 3.05) is 20.2 Å². The van der Waals surface area contributed by atoms with Gasteiger partial charge in [-0.05, 0) is 36.6 Å². The number of amides is 2. The molecule has 6 nitrogen and oxygen atoms in total. The number of methoxy groups -OCH3 is 1. The number of fused-ring (bicyclic) bond motifs is 1. The van der Waals surface area contributed by atoms with E-state index in [9.17, 15) is 9.59 Å². The molecular weight excluding hydrogens is 414 g/mol. The summed E-state index contributed by atoms with van der Waals surface area (Å²) in [6.45, 7) is 1.29. The lowest BCUT2D eigenvalue weighted by atomic mass is 10.0. The highest BCUT2D eigenvalue weighted by Crippen LogP contribution is 2.23. The number of carbonyl (C=O) groups excluding carboxylic acids is 2. The Morgan fingerprint density at radius 1 is 1.13 bits per heavy atom. The second kappa shape index (κ2) is 9.43. The van der Waals surface area contributed by atoms with Crippen LogP contribution in [0.5, 0.6) is 5.75 Å². The number of hydrogen-bond acceptors (Lipinski definition) is 3. The van der Waals surface area contributed by atoms with Gasteiger partial charge in [-0.2, -0.15) is 0 Å². The molecule has 2 heterocycles. The fraction of sp³-hybridized carbons (Fsp3) is 0.333. The van der Waals surface area contributed by atoms with Crippen LogP contribution in [0.3, 0.4) is 0 Å². The van der Waals surface area contributed by atoms with Crippen LogP contribution in [0, 0.1) is 0 Å². The molecule has 1 fully saturated rings. The van der Waals surface area contributed by atoms with E-state index in [0.717, 1.165) is 40.6 Å². The standard InChI is InChI=1S/C24H26ClN3O3/c1-31-22-5-3-2-4-16(22)13-24(30)28-10-8-19(9-11-28)27-23(29)12-17-15-26-21-14-18(25)6-7-20(17)21/h2-7,14-15,19,26H,8-13H2,1H3,(H,27,29). The molecule has 0 saturated carbocycles. The Labute approximate surface area is 186 Å². The fourth-order valence-corrected chi connectivity index (χ4v) is 4.33. The number of H-pyrrole nitrogens is 1. The first kappa shape index (κ1) is 21.2. The van der Waals surface area contributed by atoms with Gasteiger partial charge in [0, 0.05) is 46.8 Å². The number of aromatic amines is 1. The van der Waals surface area contributed by atoms with Crippen molar-refractivity contribution in [1.29, 1.82) is 0 Å². The summed E-state index contributed by atoms with van der Waals surface area (Å²) in [4.78, 5) is 30.3. The van der Waals surface area contributed by atoms with Crippen molar-refractivity contribution in [3.63, 3.8) is 0 Å². The van der Waals surface area contributed by atoms with E-state index in [2.05, 4.69) is 10.3 Å². The van der Waals surface area contributed by atoms with Crippen LogP contribution in [0.1, 0.15) is 24.0 Å². The summed E-state index contributed by atoms with van der Waals surface area (Å²) < 4.78 is 5.34. The topological polar surface area (TPSA) is 74.4 Å². The van der Waals surface area contributed by atoms with Crippen molar-refractivity contribution in [3.05, 3.63) is 64.8 Å². The number of para-hydroxylation sites is 1. The van der Waals surface area contributed by atoms with Gasteiger partial charge >= 0.3 is 0 Å². The first-order valence-electron chi connectivity index (χ1n) is 10.5. The summed E-state index contributed by atoms with van der Waals surface area (Å²) in [5.74, 6) is 0.818. The predicted octanol–water partition coefficient (Wildman–Crippen LogP) is 3.72. The Morgan fingerprint density at radius 2 is 1.90 bits per heavy atom. The summed E-state index contributed by atoms with van der Waals surface area (Å²) in [6, 6.07) is 13.3. The lowest BCUT2D eigenvalue weighted by Crippen LogP contribution is -2.47. The molecule has 2 aromatic carbocycles. The average molecular weight is 440 g/mol. The zero-order valence-electron chi connectivity index (χ0n) is 17.5. The number of ether oxygens (including phenoxy) is 1. The summed E-state index contributed by atoms with van der Waals surface area (Å²) in [5, 5.41) is 4.80. The first-order chi connectivity index (χ1) is 15.0. The van der Waals surface area contributed by atoms with Crippen molar-refractivity contribution in [1.82, 2.24) is 15.2 Å². The van der Waals surface area contributed by atoms with E-state index in [4.69, 9.17) is 16.3 Å². The van der Waals surface area contributed by atoms with Gasteiger partial charge in [-0.25, -0.2) is 0 Å². The molecule has 7 heteroatoms. The molecule has 1 saturated heterocycles. The van der Waals surface area contributed by atoms with E-state index >= 15 is 0 Å². The third kappa shape index (κ3) is 5.02. The predicted molar refractivity (Wildman–Crippen MR) is 121 cm³/mol. The quantitative estimate of drug-likeness (QED) is 0.614. The molecule has 1 aliphatic rings. The maximum atomic E-state index is 12.7. The van der Waals surface area contributed by atoms with E-state index < -0.39 is 0 Å². The fourth-order valence-electron chi connectivity index (χ4n) is 4.15. The molecule has 0 spiro atoms. The highest BCUT2D eigenvalue weighted by atomic mass is 35.5. The van der Waals surface area contributed by atoms with Gasteiger partial charge in [0.2, 0.25) is 11.8 Å². The minimum Gasteiger partial charge on any atom is -0.496 e. The number of carbonyl (C=O) groups is 2. The van der Waals surface area contributed by atoms with Crippen LogP contribution in [0.15, 0.2) is 48.7 Å². The number of hydrogen-bond donors (Lipinski definition) is 2. The number of halogens is 1. The number of rotatable bonds is 6. The molecule has 3 aromatic rings. The summed E-state index contributed by atoms with van der Waals surface area (Å²) in [6.07, 6.45) is 4.01. The molecule has 1 aromatic heterocycles. The monoisotopic (exact) mass is 439 g/mol. The second-order valence-corrected chi connectivity index (χ2v) is 8.33. The Morgan fingerprint density at radius 3 is 2.68 bits per heavy atom. The molecule has 2 amide bonds. The molecule has 162 valence electrons. The zero-order valence-corrected chi connectivity index (χ0v) is 18.2. The zero-order chi connectivity index (χ0) is 21.8. The minimum atomic E-state index is -0.00496. The highest BCUT2D eigenvalue weighted by Gasteiger charge is 2.24. The van der Waals surface area contributed by atoms with Gasteiger partial charge in [0.05, 0.1) is 20.0 Å². The van der Waals surface area contributed by atoms with Gasteiger partial charge < -0.3 is 19.9 Å². The van der Waals surface area contributed by atoms with Crippen LogP contribution in [-0.2, 0) is 22.4 Å². The molecule has 4 rings (SSSR count). The first-order valence-corrected chi connectivity index (χ1v) is 10.9. The minimum absolute atomic E-state index is 0.00496. The number of benzene rings is 2. The number of nitrogens with one attached hydrogen (secondary N) is 2. The van der Waals surface area contributed by atoms with Crippen molar-refractivity contribution in [2.24, 2.45) is 0 Å². The largest absolute Gasteiger partial charge is 0.496 e. The molecule has 0 bridgehead atoms. The number of nitrogens with zero attached hydrogens (tertiary/aromatic N) is 1. The van der Waals surface area contributed by atoms with Gasteiger partial charge in [-0.15, -0.1) is 0 Å². The van der Waals surface area contributed by atoms with Crippen LogP contribution < -0.4 is 10.1 Å². The molecule has 0 radical (unpaired) electrons. The van der Waals surface area contributed by atoms with Crippen molar-refractivity contribution in [2.45, 2.75) is 31.7 Å². The lowest BCUT2D eigenvalue weighted by molar-refractivity contribution is -0.131. The van der Waals surface area contributed by atoms with Gasteiger partial charge in [-0.1, -0.05) is 35.9 Å². The number of piperidine rings is 1. The van der Waals surface area contributed by atoms with E-state index in [1.54, 1.807) is 7.11 Å². The van der Waals surface area contributed by atoms with E-state index in [1.807, 2.05) is 53.6 Å². The summed E-state index contributed by atoms with van der Waals surface area (Å²) in [7, 11) is 1.61. The Balaban J connectivity index is 1.27. The van der Waals surface area contributed by atoms with Crippen molar-refractivity contribution < 1.29 is 14.3 Å². The van der Waals surface area contributed by atoms with Crippen LogP contribution in [-0.4, -0.2) is 47.9 Å². The molecule has 0 unspecified atom stereocenters. The number of aromatic nitrogens is 1. The van der Waals surface area contributed by atoms with Crippen LogP contribution >= 0.6 is 11.6 Å². The Kier molecular flexibility index (Phi) is 6.47. The highest BCUT2D eigenvalue weighted by molar-refractivity contribution is 6.31. The SMILES string of the molecule is COc1ccccc1CC(=O)N1CCC(NC(=O)Cc2c[nH]c3cc(Cl)ccc23)CC1. The van der Waals surface area contributed by atoms with E-state index in [1.165, 1.54) is 0 Å². The maximum Gasteiger partial charge on any atom is 0.227 e. The Hall–Kier alpha value is -2.99. The van der Waals surface area contributed by atoms with E-state index in [-0.39, 0.29) is 17.9 Å². The summed E-state index contributed by atoms with van der Waals surface area (Å²) >= 11 is 6.02. The number of likely N-dealkylation sites (tertiary alicyclic amines) is 1. The lowest BCUT2D eigenvalue weighted by Gasteiger charge is -2.32. The Bertz CT molecular complexity index is 1090. The third-order valence-corrected chi connectivity index (χ3v) is 6.06. The molecule has 31 heavy (non-hydrogen) atoms. The molecule has 0 aliphatic carbocycles. The van der Waals surface area contributed by atoms with Crippen LogP contribution in [0.25, 0.3) is 10.9 Å². The molecule has 0 atom stereocenters. The van der Waals surface area contributed by atoms with Crippen molar-refractivity contribution >= 4 is 34.3 Å². The molecule has 2 N–H and O–H groups in total. The van der Waals surface area contributed by atoms with Crippen LogP contribution in [0.2, 0.25) is 5.02 Å². The van der Waals surface area contributed by atoms with Gasteiger partial charge in [0.15, 0.2) is 0 Å². The maximum absolute atomic E-state index is 12.7. The second-order valence-electron chi connectivity index (χ2n) is 7.89. The van der Waals surface area contributed by atoms with Gasteiger partial charge in [0.25, 0.3) is 0 Å². The van der Waals surface area contributed by atoms with E-state index in [0.29, 0.717) is 31.0 Å². The normalized spacial score (nSPS) is 14.6. The van der Waals surface area contributed by atoms with Crippen molar-refractivity contribution in [3.8, 4) is 5.75 Å². The van der Waals surface area contributed by atoms with Gasteiger partial charge in [-0.3, -0.25) is 9.59 Å². The summed E-state index contributed by atoms with van der Waals surface area (Å²) in [5.41, 5.74) is 2.77. The molecule has 1 aliphatic heterocycles.